The van der Waals surface area contributed by atoms with Crippen LogP contribution in [0.15, 0.2) is 12.7 Å². The molecule has 0 radical (unpaired) electrons. The van der Waals surface area contributed by atoms with E-state index in [4.69, 9.17) is 0 Å². The predicted molar refractivity (Wildman–Crippen MR) is 92.1 cm³/mol. The van der Waals surface area contributed by atoms with Crippen LogP contribution >= 0.6 is 0 Å². The van der Waals surface area contributed by atoms with Crippen molar-refractivity contribution in [1.29, 1.82) is 0 Å². The van der Waals surface area contributed by atoms with Crippen LogP contribution in [0.1, 0.15) is 53.4 Å². The van der Waals surface area contributed by atoms with E-state index in [0.717, 1.165) is 31.8 Å². The monoisotopic (exact) mass is 327 g/mol. The van der Waals surface area contributed by atoms with Gasteiger partial charge in [0.1, 0.15) is 0 Å². The molecule has 2 amide bonds. The van der Waals surface area contributed by atoms with Gasteiger partial charge in [0.2, 0.25) is 5.91 Å². The van der Waals surface area contributed by atoms with Crippen LogP contribution in [0.4, 0.5) is 0 Å². The average molecular weight is 327 g/mol. The van der Waals surface area contributed by atoms with Gasteiger partial charge in [-0.05, 0) is 24.8 Å². The number of carbonyl (C=O) groups is 2. The van der Waals surface area contributed by atoms with Gasteiger partial charge < -0.3 is 10.6 Å². The number of nitrogens with zero attached hydrogens (tertiary/aromatic N) is 1. The van der Waals surface area contributed by atoms with Crippen LogP contribution < -0.4 is 10.6 Å². The van der Waals surface area contributed by atoms with Crippen molar-refractivity contribution in [3.05, 3.63) is 12.7 Å². The Morgan fingerprint density at radius 2 is 1.78 bits per heavy atom. The number of hydrogen-bond donors (Lipinski definition) is 3. The lowest BCUT2D eigenvalue weighted by Gasteiger charge is -2.26. The molecule has 0 aliphatic carbocycles. The van der Waals surface area contributed by atoms with E-state index in [1.165, 1.54) is 0 Å². The molecule has 0 aromatic heterocycles. The Hall–Kier alpha value is -1.40. The lowest BCUT2D eigenvalue weighted by molar-refractivity contribution is -0.158. The van der Waals surface area contributed by atoms with Gasteiger partial charge in [-0.2, -0.15) is 0 Å². The molecule has 0 rings (SSSR count). The Kier molecular flexibility index (Phi) is 11.3. The minimum atomic E-state index is -0.552. The highest BCUT2D eigenvalue weighted by Gasteiger charge is 2.23. The Balaban J connectivity index is 4.50. The maximum Gasteiger partial charge on any atom is 0.269 e. The average Bonchev–Trinajstić information content (AvgIpc) is 2.50. The van der Waals surface area contributed by atoms with Gasteiger partial charge in [-0.3, -0.25) is 14.8 Å². The van der Waals surface area contributed by atoms with Gasteiger partial charge in [0.05, 0.1) is 12.6 Å². The second-order valence-electron chi connectivity index (χ2n) is 6.12. The van der Waals surface area contributed by atoms with Crippen molar-refractivity contribution in [2.75, 3.05) is 13.1 Å². The largest absolute Gasteiger partial charge is 0.352 e. The highest BCUT2D eigenvalue weighted by Crippen LogP contribution is 2.07. The summed E-state index contributed by atoms with van der Waals surface area (Å²) in [5.74, 6) is -0.462. The van der Waals surface area contributed by atoms with Crippen molar-refractivity contribution in [3.8, 4) is 0 Å². The Labute approximate surface area is 140 Å². The van der Waals surface area contributed by atoms with Crippen molar-refractivity contribution in [1.82, 2.24) is 15.7 Å². The smallest absolute Gasteiger partial charge is 0.269 e. The number of hydrogen-bond acceptors (Lipinski definition) is 4. The van der Waals surface area contributed by atoms with E-state index < -0.39 is 5.91 Å². The van der Waals surface area contributed by atoms with Gasteiger partial charge in [-0.1, -0.05) is 47.1 Å². The summed E-state index contributed by atoms with van der Waals surface area (Å²) >= 11 is 0. The molecule has 0 aliphatic rings. The maximum atomic E-state index is 12.5. The molecule has 23 heavy (non-hydrogen) atoms. The predicted octanol–water partition coefficient (Wildman–Crippen LogP) is 2.09. The lowest BCUT2D eigenvalue weighted by Crippen LogP contribution is -2.51. The van der Waals surface area contributed by atoms with Crippen molar-refractivity contribution < 1.29 is 14.8 Å². The van der Waals surface area contributed by atoms with Gasteiger partial charge in [0.25, 0.3) is 5.91 Å². The zero-order valence-electron chi connectivity index (χ0n) is 15.0. The van der Waals surface area contributed by atoms with Gasteiger partial charge in [-0.25, -0.2) is 5.06 Å². The molecule has 0 saturated heterocycles. The van der Waals surface area contributed by atoms with Crippen molar-refractivity contribution in [3.63, 3.8) is 0 Å². The molecule has 134 valence electrons. The second kappa shape index (κ2) is 12.1. The molecule has 3 N–H and O–H groups in total. The van der Waals surface area contributed by atoms with Gasteiger partial charge >= 0.3 is 0 Å². The number of nitrogens with one attached hydrogen (secondary N) is 2. The van der Waals surface area contributed by atoms with Crippen LogP contribution in [0.3, 0.4) is 0 Å². The van der Waals surface area contributed by atoms with Gasteiger partial charge in [0.15, 0.2) is 0 Å². The molecular formula is C17H33N3O3. The first-order chi connectivity index (χ1) is 10.9. The quantitative estimate of drug-likeness (QED) is 0.291. The summed E-state index contributed by atoms with van der Waals surface area (Å²) in [6.07, 6.45) is 5.07. The first-order valence-corrected chi connectivity index (χ1v) is 8.53. The summed E-state index contributed by atoms with van der Waals surface area (Å²) in [5, 5.41) is 16.3. The zero-order valence-corrected chi connectivity index (χ0v) is 15.0. The van der Waals surface area contributed by atoms with Crippen LogP contribution in [-0.4, -0.2) is 47.3 Å². The van der Waals surface area contributed by atoms with Crippen LogP contribution in [0.5, 0.6) is 0 Å². The standard InChI is InChI=1S/C17H33N3O3/c1-6-9-14(10-7-2)19-17(22)16(13(4)5)18-11-12-20(23)15(21)8-3/h8,13-14,16,18,23H,3,6-7,9-12H2,1-2,4-5H3,(H,19,22)/t16-/m0/s1. The van der Waals surface area contributed by atoms with Crippen LogP contribution in [0.2, 0.25) is 0 Å². The summed E-state index contributed by atoms with van der Waals surface area (Å²) in [4.78, 5) is 23.7. The van der Waals surface area contributed by atoms with E-state index in [1.807, 2.05) is 13.8 Å². The summed E-state index contributed by atoms with van der Waals surface area (Å²) in [5.41, 5.74) is 0. The summed E-state index contributed by atoms with van der Waals surface area (Å²) in [7, 11) is 0. The maximum absolute atomic E-state index is 12.5. The molecule has 6 heteroatoms. The summed E-state index contributed by atoms with van der Waals surface area (Å²) in [6.45, 7) is 11.9. The van der Waals surface area contributed by atoms with Crippen LogP contribution in [0, 0.1) is 5.92 Å². The van der Waals surface area contributed by atoms with E-state index in [0.29, 0.717) is 11.6 Å². The SMILES string of the molecule is C=CC(=O)N(O)CCN[C@H](C(=O)NC(CCC)CCC)C(C)C. The summed E-state index contributed by atoms with van der Waals surface area (Å²) < 4.78 is 0. The van der Waals surface area contributed by atoms with E-state index >= 15 is 0 Å². The fourth-order valence-corrected chi connectivity index (χ4v) is 2.45. The van der Waals surface area contributed by atoms with Crippen molar-refractivity contribution in [2.45, 2.75) is 65.5 Å². The van der Waals surface area contributed by atoms with E-state index in [1.54, 1.807) is 0 Å². The lowest BCUT2D eigenvalue weighted by atomic mass is 10.0. The second-order valence-corrected chi connectivity index (χ2v) is 6.12. The first kappa shape index (κ1) is 21.6. The fraction of sp³-hybridized carbons (Fsp3) is 0.765. The normalized spacial score (nSPS) is 12.3. The Bertz CT molecular complexity index is 366. The molecule has 0 heterocycles. The van der Waals surface area contributed by atoms with E-state index in [-0.39, 0.29) is 30.5 Å². The minimum Gasteiger partial charge on any atom is -0.352 e. The molecule has 0 bridgehead atoms. The Morgan fingerprint density at radius 1 is 1.22 bits per heavy atom. The number of rotatable bonds is 12. The Morgan fingerprint density at radius 3 is 2.22 bits per heavy atom. The highest BCUT2D eigenvalue weighted by molar-refractivity contribution is 5.86. The molecular weight excluding hydrogens is 294 g/mol. The third kappa shape index (κ3) is 8.71. The molecule has 0 spiro atoms. The topological polar surface area (TPSA) is 81.7 Å². The summed E-state index contributed by atoms with van der Waals surface area (Å²) in [6, 6.07) is -0.143. The van der Waals surface area contributed by atoms with Crippen molar-refractivity contribution in [2.24, 2.45) is 5.92 Å². The molecule has 0 fully saturated rings. The number of carbonyl (C=O) groups excluding carboxylic acids is 2. The third-order valence-corrected chi connectivity index (χ3v) is 3.69. The molecule has 0 unspecified atom stereocenters. The van der Waals surface area contributed by atoms with Gasteiger partial charge in [-0.15, -0.1) is 0 Å². The van der Waals surface area contributed by atoms with E-state index in [2.05, 4.69) is 31.1 Å². The number of amides is 2. The number of hydroxylamine groups is 2. The van der Waals surface area contributed by atoms with Crippen LogP contribution in [0.25, 0.3) is 0 Å². The van der Waals surface area contributed by atoms with Gasteiger partial charge in [0, 0.05) is 12.6 Å². The first-order valence-electron chi connectivity index (χ1n) is 8.53. The zero-order chi connectivity index (χ0) is 17.8. The highest BCUT2D eigenvalue weighted by atomic mass is 16.5. The minimum absolute atomic E-state index is 0.0218. The van der Waals surface area contributed by atoms with Crippen LogP contribution in [-0.2, 0) is 9.59 Å². The molecule has 0 saturated carbocycles. The molecule has 0 aromatic rings. The molecule has 0 aromatic carbocycles. The van der Waals surface area contributed by atoms with E-state index in [9.17, 15) is 14.8 Å². The molecule has 6 nitrogen and oxygen atoms in total. The van der Waals surface area contributed by atoms with Crippen molar-refractivity contribution >= 4 is 11.8 Å². The molecule has 0 aliphatic heterocycles. The fourth-order valence-electron chi connectivity index (χ4n) is 2.45. The molecule has 1 atom stereocenters. The third-order valence-electron chi connectivity index (χ3n) is 3.69.